The number of carbonyl (C=O) groups excluding carboxylic acids is 1. The molecule has 84 heavy (non-hydrogen) atoms. The number of allylic oxidation sites excluding steroid dienone is 2. The normalized spacial score (nSPS) is 54.6. The van der Waals surface area contributed by atoms with E-state index in [0.29, 0.717) is 32.1 Å². The highest BCUT2D eigenvalue weighted by molar-refractivity contribution is 5.80. The molecule has 4 saturated carbocycles. The van der Waals surface area contributed by atoms with Crippen LogP contribution in [0.2, 0.25) is 0 Å². The minimum absolute atomic E-state index is 0.0676. The molecular formula is C58H92O26. The molecule has 480 valence electrons. The number of aliphatic hydroxyl groups excluding tert-OH is 13. The van der Waals surface area contributed by atoms with E-state index in [9.17, 15) is 76.3 Å². The number of carboxylic acid groups (broad SMARTS) is 1. The van der Waals surface area contributed by atoms with E-state index in [1.54, 1.807) is 0 Å². The molecule has 10 aliphatic rings. The molecule has 0 spiro atoms. The van der Waals surface area contributed by atoms with Gasteiger partial charge in [0.15, 0.2) is 37.4 Å². The highest BCUT2D eigenvalue weighted by Gasteiger charge is 2.72. The lowest BCUT2D eigenvalue weighted by Gasteiger charge is -2.71. The molecule has 0 amide bonds. The Morgan fingerprint density at radius 2 is 1.12 bits per heavy atom. The Bertz CT molecular complexity index is 2410. The summed E-state index contributed by atoms with van der Waals surface area (Å²) in [4.78, 5) is 27.4. The molecule has 26 heteroatoms. The van der Waals surface area contributed by atoms with Crippen LogP contribution in [0.5, 0.6) is 0 Å². The van der Waals surface area contributed by atoms with E-state index in [1.165, 1.54) is 13.8 Å². The zero-order chi connectivity index (χ0) is 61.5. The van der Waals surface area contributed by atoms with Crippen LogP contribution in [-0.4, -0.2) is 250 Å². The Hall–Kier alpha value is -2.20. The van der Waals surface area contributed by atoms with Gasteiger partial charge in [-0.1, -0.05) is 60.1 Å². The van der Waals surface area contributed by atoms with Crippen LogP contribution >= 0.6 is 0 Å². The van der Waals surface area contributed by atoms with Gasteiger partial charge in [0.1, 0.15) is 90.9 Å². The summed E-state index contributed by atoms with van der Waals surface area (Å²) >= 11 is 0. The highest BCUT2D eigenvalue weighted by Crippen LogP contribution is 2.76. The summed E-state index contributed by atoms with van der Waals surface area (Å²) in [7, 11) is 0. The Kier molecular flexibility index (Phi) is 17.9. The largest absolute Gasteiger partial charge is 0.479 e. The Morgan fingerprint density at radius 1 is 0.536 bits per heavy atom. The van der Waals surface area contributed by atoms with Crippen molar-refractivity contribution in [3.8, 4) is 0 Å². The van der Waals surface area contributed by atoms with Gasteiger partial charge in [0.25, 0.3) is 0 Å². The lowest BCUT2D eigenvalue weighted by molar-refractivity contribution is -0.377. The van der Waals surface area contributed by atoms with Gasteiger partial charge in [-0.05, 0) is 116 Å². The molecule has 9 fully saturated rings. The van der Waals surface area contributed by atoms with Crippen LogP contribution in [0.1, 0.15) is 120 Å². The second kappa shape index (κ2) is 23.2. The Labute approximate surface area is 487 Å². The molecule has 14 N–H and O–H groups in total. The predicted octanol–water partition coefficient (Wildman–Crippen LogP) is -1.81. The fourth-order valence-electron chi connectivity index (χ4n) is 17.4. The van der Waals surface area contributed by atoms with Crippen LogP contribution in [0.25, 0.3) is 0 Å². The smallest absolute Gasteiger partial charge is 0.335 e. The third-order valence-corrected chi connectivity index (χ3v) is 22.7. The summed E-state index contributed by atoms with van der Waals surface area (Å²) in [6.07, 6.45) is -32.3. The van der Waals surface area contributed by atoms with Crippen LogP contribution in [-0.2, 0) is 57.0 Å². The molecule has 32 atom stereocenters. The second-order valence-electron chi connectivity index (χ2n) is 28.3. The average Bonchev–Trinajstić information content (AvgIpc) is 0.691. The molecule has 1 unspecified atom stereocenters. The van der Waals surface area contributed by atoms with Crippen molar-refractivity contribution < 1.29 is 128 Å². The molecular weight excluding hydrogens is 1110 g/mol. The first kappa shape index (κ1) is 64.8. The number of esters is 1. The van der Waals surface area contributed by atoms with Crippen molar-refractivity contribution in [2.75, 3.05) is 13.2 Å². The third-order valence-electron chi connectivity index (χ3n) is 22.7. The molecule has 0 aromatic carbocycles. The fraction of sp³-hybridized carbons (Fsp3) is 0.931. The lowest BCUT2D eigenvalue weighted by atomic mass is 9.33. The fourth-order valence-corrected chi connectivity index (χ4v) is 17.4. The quantitative estimate of drug-likeness (QED) is 0.0616. The molecule has 5 aliphatic heterocycles. The first-order valence-electron chi connectivity index (χ1n) is 30.0. The van der Waals surface area contributed by atoms with Crippen molar-refractivity contribution in [3.63, 3.8) is 0 Å². The molecule has 0 aromatic rings. The van der Waals surface area contributed by atoms with Crippen molar-refractivity contribution in [1.29, 1.82) is 0 Å². The van der Waals surface area contributed by atoms with Crippen molar-refractivity contribution in [2.24, 2.45) is 50.2 Å². The number of rotatable bonds is 11. The van der Waals surface area contributed by atoms with E-state index in [1.807, 2.05) is 0 Å². The maximum Gasteiger partial charge on any atom is 0.335 e. The van der Waals surface area contributed by atoms with Crippen LogP contribution in [0.4, 0.5) is 0 Å². The average molecular weight is 1210 g/mol. The number of carbonyl (C=O) groups is 2. The van der Waals surface area contributed by atoms with E-state index < -0.39 is 206 Å². The monoisotopic (exact) mass is 1200 g/mol. The minimum Gasteiger partial charge on any atom is -0.479 e. The van der Waals surface area contributed by atoms with E-state index in [0.717, 1.165) is 18.4 Å². The maximum absolute atomic E-state index is 15.4. The number of hydrogen-bond donors (Lipinski definition) is 14. The molecule has 0 bridgehead atoms. The highest BCUT2D eigenvalue weighted by atomic mass is 16.8. The molecule has 10 rings (SSSR count). The standard InChI is InChI=1S/C58H92O26/c1-22-32(62)34(64)38(68)48(77-22)81-43-27(60)21-75-47(41(43)71)80-42-23(2)78-49(40(70)37(42)67)83-45-33(63)26(59)20-76-51(45)84-52(74)58-17-16-53(3,4)18-25(58)24-10-11-29-55(7)14-13-31(79-50-39(69)35(65)36(66)44(82-50)46(72)73)54(5,6)28(55)12-15-56(29,8)57(24,9)19-30(58)61/h10,22-23,25-45,47-51,59-71H,11-21H2,1-9H3,(H,72,73)/t22-,23-,25-,26-,27+,28?,29+,30+,31-,32-,33-,34+,35-,36-,37-,38+,39+,40+,41+,42-,43-,44-,45+,47-,48-,49-,50+,51-,55-,56+,57+,58+/m0/s1. The van der Waals surface area contributed by atoms with Gasteiger partial charge in [0.2, 0.25) is 6.29 Å². The maximum atomic E-state index is 15.4. The van der Waals surface area contributed by atoms with Gasteiger partial charge in [0, 0.05) is 0 Å². The summed E-state index contributed by atoms with van der Waals surface area (Å²) in [6, 6.07) is 0. The number of fused-ring (bicyclic) bond motifs is 7. The second-order valence-corrected chi connectivity index (χ2v) is 28.3. The lowest BCUT2D eigenvalue weighted by Crippen LogP contribution is -2.68. The molecule has 5 heterocycles. The Balaban J connectivity index is 0.843. The zero-order valence-electron chi connectivity index (χ0n) is 49.2. The zero-order valence-corrected chi connectivity index (χ0v) is 49.2. The molecule has 26 nitrogen and oxygen atoms in total. The molecule has 0 radical (unpaired) electrons. The van der Waals surface area contributed by atoms with Gasteiger partial charge in [0.05, 0.1) is 37.6 Å². The van der Waals surface area contributed by atoms with Crippen LogP contribution in [0.15, 0.2) is 11.6 Å². The van der Waals surface area contributed by atoms with Gasteiger partial charge >= 0.3 is 11.9 Å². The van der Waals surface area contributed by atoms with Crippen molar-refractivity contribution in [1.82, 2.24) is 0 Å². The van der Waals surface area contributed by atoms with E-state index in [4.69, 9.17) is 47.4 Å². The van der Waals surface area contributed by atoms with Gasteiger partial charge in [-0.25, -0.2) is 4.79 Å². The van der Waals surface area contributed by atoms with E-state index >= 15 is 4.79 Å². The summed E-state index contributed by atoms with van der Waals surface area (Å²) in [6.45, 7) is 17.2. The van der Waals surface area contributed by atoms with Crippen molar-refractivity contribution in [2.45, 2.75) is 274 Å². The van der Waals surface area contributed by atoms with E-state index in [-0.39, 0.29) is 35.5 Å². The molecule has 0 aromatic heterocycles. The van der Waals surface area contributed by atoms with Crippen LogP contribution < -0.4 is 0 Å². The summed E-state index contributed by atoms with van der Waals surface area (Å²) in [5.41, 5.74) is -2.54. The van der Waals surface area contributed by atoms with Crippen molar-refractivity contribution in [3.05, 3.63) is 11.6 Å². The van der Waals surface area contributed by atoms with Gasteiger partial charge in [-0.15, -0.1) is 0 Å². The van der Waals surface area contributed by atoms with Gasteiger partial charge in [-0.3, -0.25) is 4.79 Å². The topological polar surface area (TPSA) is 410 Å². The van der Waals surface area contributed by atoms with Gasteiger partial charge in [-0.2, -0.15) is 0 Å². The number of carboxylic acids is 1. The summed E-state index contributed by atoms with van der Waals surface area (Å²) in [5.74, 6) is -2.65. The van der Waals surface area contributed by atoms with Gasteiger partial charge < -0.3 is 119 Å². The number of aliphatic carboxylic acids is 1. The van der Waals surface area contributed by atoms with Crippen LogP contribution in [0, 0.1) is 50.2 Å². The predicted molar refractivity (Wildman–Crippen MR) is 283 cm³/mol. The Morgan fingerprint density at radius 3 is 1.79 bits per heavy atom. The first-order valence-corrected chi connectivity index (χ1v) is 30.0. The minimum atomic E-state index is -1.96. The number of hydrogen-bond acceptors (Lipinski definition) is 25. The summed E-state index contributed by atoms with van der Waals surface area (Å²) in [5, 5.41) is 153. The SMILES string of the molecule is C[C@@H]1O[C@@H](O[C@@H]2[C@@H](O)[C@H](O[C@@H]3[C@@H](O)[C@@H](O)[C@H](O[C@H]4[C@H](OC(=O)[C@]56CCC(C)(C)C[C@H]5C5=CC[C@@H]7[C@@]8(C)CC[C@H](O[C@@H]9O[C@H](C(=O)O)[C@@H](O)[C@H](O)[C@H]9O)C(C)(C)C8CC[C@@]7(C)[C@]5(C)C[C@H]6O)OC[C@H](O)[C@@H]4O)O[C@H]3C)OC[C@H]2O)[C@H](O)[C@H](O)[C@H]1O. The van der Waals surface area contributed by atoms with E-state index in [2.05, 4.69) is 54.5 Å². The first-order chi connectivity index (χ1) is 39.1. The van der Waals surface area contributed by atoms with Crippen molar-refractivity contribution >= 4 is 11.9 Å². The molecule has 5 aliphatic carbocycles. The third kappa shape index (κ3) is 10.5. The number of ether oxygens (including phenoxy) is 10. The summed E-state index contributed by atoms with van der Waals surface area (Å²) < 4.78 is 59.0. The number of aliphatic hydroxyl groups is 13. The van der Waals surface area contributed by atoms with Crippen LogP contribution in [0.3, 0.4) is 0 Å². The molecule has 5 saturated heterocycles.